The van der Waals surface area contributed by atoms with E-state index in [1.54, 1.807) is 6.07 Å². The standard InChI is InChI=1S/C24H36N2O5/c1-18(27)22-17-21(14-15-23(22)26(29)30)31-16-8-13-24(28)25(19-9-4-2-5-10-19)20-11-6-3-7-12-20/h14-15,17-20,27H,2-13,16H2,1H3. The van der Waals surface area contributed by atoms with E-state index < -0.39 is 11.0 Å². The lowest BCUT2D eigenvalue weighted by atomic mass is 9.88. The quantitative estimate of drug-likeness (QED) is 0.325. The normalized spacial score (nSPS) is 19.0. The molecule has 7 heteroatoms. The minimum absolute atomic E-state index is 0.117. The Hall–Kier alpha value is -2.15. The third-order valence-electron chi connectivity index (χ3n) is 6.67. The molecular weight excluding hydrogens is 396 g/mol. The van der Waals surface area contributed by atoms with E-state index in [-0.39, 0.29) is 17.2 Å². The van der Waals surface area contributed by atoms with Crippen molar-refractivity contribution in [2.45, 2.75) is 102 Å². The maximum Gasteiger partial charge on any atom is 0.275 e. The first-order chi connectivity index (χ1) is 15.0. The average molecular weight is 433 g/mol. The SMILES string of the molecule is CC(O)c1cc(OCCCC(=O)N(C2CCCCC2)C2CCCCC2)ccc1[N+](=O)[O-]. The van der Waals surface area contributed by atoms with Gasteiger partial charge in [0.05, 0.1) is 23.2 Å². The average Bonchev–Trinajstić information content (AvgIpc) is 2.78. The summed E-state index contributed by atoms with van der Waals surface area (Å²) in [6, 6.07) is 5.21. The number of rotatable bonds is 9. The molecule has 1 N–H and O–H groups in total. The second-order valence-corrected chi connectivity index (χ2v) is 8.99. The van der Waals surface area contributed by atoms with Crippen molar-refractivity contribution >= 4 is 11.6 Å². The lowest BCUT2D eigenvalue weighted by Crippen LogP contribution is -2.48. The first kappa shape index (κ1) is 23.5. The molecule has 0 bridgehead atoms. The van der Waals surface area contributed by atoms with Crippen LogP contribution in [0, 0.1) is 10.1 Å². The fraction of sp³-hybridized carbons (Fsp3) is 0.708. The van der Waals surface area contributed by atoms with Crippen molar-refractivity contribution in [3.05, 3.63) is 33.9 Å². The second kappa shape index (κ2) is 11.5. The lowest BCUT2D eigenvalue weighted by molar-refractivity contribution is -0.386. The Morgan fingerprint density at radius 2 is 1.71 bits per heavy atom. The molecule has 2 aliphatic carbocycles. The highest BCUT2D eigenvalue weighted by molar-refractivity contribution is 5.77. The molecule has 0 saturated heterocycles. The van der Waals surface area contributed by atoms with Crippen LogP contribution < -0.4 is 4.74 Å². The molecule has 1 atom stereocenters. The molecule has 0 spiro atoms. The van der Waals surface area contributed by atoms with Gasteiger partial charge < -0.3 is 14.7 Å². The molecule has 1 amide bonds. The Labute approximate surface area is 184 Å². The zero-order valence-corrected chi connectivity index (χ0v) is 18.6. The van der Waals surface area contributed by atoms with Gasteiger partial charge in [-0.3, -0.25) is 14.9 Å². The minimum atomic E-state index is -0.954. The van der Waals surface area contributed by atoms with Gasteiger partial charge in [-0.2, -0.15) is 0 Å². The fourth-order valence-corrected chi connectivity index (χ4v) is 5.09. The molecule has 2 saturated carbocycles. The van der Waals surface area contributed by atoms with E-state index in [1.807, 2.05) is 0 Å². The van der Waals surface area contributed by atoms with Gasteiger partial charge in [-0.1, -0.05) is 38.5 Å². The van der Waals surface area contributed by atoms with Crippen LogP contribution in [0.4, 0.5) is 5.69 Å². The van der Waals surface area contributed by atoms with Crippen LogP contribution in [-0.2, 0) is 4.79 Å². The number of nitro benzene ring substituents is 1. The van der Waals surface area contributed by atoms with Gasteiger partial charge >= 0.3 is 0 Å². The number of benzene rings is 1. The van der Waals surface area contributed by atoms with Crippen LogP contribution in [0.1, 0.15) is 95.6 Å². The number of aliphatic hydroxyl groups is 1. The summed E-state index contributed by atoms with van der Waals surface area (Å²) in [6.07, 6.45) is 12.1. The van der Waals surface area contributed by atoms with Gasteiger partial charge in [0.2, 0.25) is 5.91 Å². The second-order valence-electron chi connectivity index (χ2n) is 8.99. The molecule has 3 rings (SSSR count). The predicted molar refractivity (Wildman–Crippen MR) is 119 cm³/mol. The maximum absolute atomic E-state index is 13.2. The summed E-state index contributed by atoms with van der Waals surface area (Å²) < 4.78 is 5.75. The van der Waals surface area contributed by atoms with Gasteiger partial charge in [0.1, 0.15) is 5.75 Å². The zero-order valence-electron chi connectivity index (χ0n) is 18.6. The molecule has 172 valence electrons. The summed E-state index contributed by atoms with van der Waals surface area (Å²) in [5, 5.41) is 20.9. The van der Waals surface area contributed by atoms with Crippen LogP contribution in [0.3, 0.4) is 0 Å². The lowest BCUT2D eigenvalue weighted by Gasteiger charge is -2.42. The smallest absolute Gasteiger partial charge is 0.275 e. The molecule has 0 aliphatic heterocycles. The summed E-state index contributed by atoms with van der Waals surface area (Å²) >= 11 is 0. The van der Waals surface area contributed by atoms with Crippen molar-refractivity contribution < 1.29 is 19.6 Å². The Morgan fingerprint density at radius 3 is 2.23 bits per heavy atom. The van der Waals surface area contributed by atoms with Crippen LogP contribution >= 0.6 is 0 Å². The molecule has 31 heavy (non-hydrogen) atoms. The van der Waals surface area contributed by atoms with Crippen molar-refractivity contribution in [1.82, 2.24) is 4.90 Å². The monoisotopic (exact) mass is 432 g/mol. The Kier molecular flexibility index (Phi) is 8.69. The van der Waals surface area contributed by atoms with E-state index in [4.69, 9.17) is 4.74 Å². The van der Waals surface area contributed by atoms with Gasteiger partial charge in [0, 0.05) is 24.6 Å². The summed E-state index contributed by atoms with van der Waals surface area (Å²) in [4.78, 5) is 26.0. The van der Waals surface area contributed by atoms with Crippen LogP contribution in [-0.4, -0.2) is 39.5 Å². The number of aliphatic hydroxyl groups excluding tert-OH is 1. The number of carbonyl (C=O) groups is 1. The molecule has 1 aromatic carbocycles. The maximum atomic E-state index is 13.2. The molecule has 0 radical (unpaired) electrons. The topological polar surface area (TPSA) is 92.9 Å². The minimum Gasteiger partial charge on any atom is -0.494 e. The Morgan fingerprint density at radius 1 is 1.13 bits per heavy atom. The highest BCUT2D eigenvalue weighted by Gasteiger charge is 2.32. The van der Waals surface area contributed by atoms with E-state index in [9.17, 15) is 20.0 Å². The van der Waals surface area contributed by atoms with Crippen molar-refractivity contribution in [2.75, 3.05) is 6.61 Å². The largest absolute Gasteiger partial charge is 0.494 e. The summed E-state index contributed by atoms with van der Waals surface area (Å²) in [6.45, 7) is 1.86. The highest BCUT2D eigenvalue weighted by atomic mass is 16.6. The van der Waals surface area contributed by atoms with Crippen molar-refractivity contribution in [3.8, 4) is 5.75 Å². The van der Waals surface area contributed by atoms with Gasteiger partial charge in [-0.15, -0.1) is 0 Å². The number of nitrogens with zero attached hydrogens (tertiary/aromatic N) is 2. The van der Waals surface area contributed by atoms with E-state index in [0.29, 0.717) is 37.3 Å². The van der Waals surface area contributed by atoms with E-state index in [1.165, 1.54) is 57.6 Å². The van der Waals surface area contributed by atoms with Crippen LogP contribution in [0.5, 0.6) is 5.75 Å². The van der Waals surface area contributed by atoms with Crippen LogP contribution in [0.15, 0.2) is 18.2 Å². The molecule has 1 unspecified atom stereocenters. The first-order valence-electron chi connectivity index (χ1n) is 11.9. The number of nitro groups is 1. The fourth-order valence-electron chi connectivity index (χ4n) is 5.09. The summed E-state index contributed by atoms with van der Waals surface area (Å²) in [5.74, 6) is 0.723. The molecular formula is C24H36N2O5. The number of hydrogen-bond donors (Lipinski definition) is 1. The summed E-state index contributed by atoms with van der Waals surface area (Å²) in [5.41, 5.74) is 0.118. The molecule has 7 nitrogen and oxygen atoms in total. The van der Waals surface area contributed by atoms with E-state index in [2.05, 4.69) is 4.90 Å². The van der Waals surface area contributed by atoms with Gasteiger partial charge in [-0.05, 0) is 51.2 Å². The van der Waals surface area contributed by atoms with Crippen molar-refractivity contribution in [2.24, 2.45) is 0 Å². The van der Waals surface area contributed by atoms with Crippen molar-refractivity contribution in [3.63, 3.8) is 0 Å². The molecule has 2 aliphatic rings. The number of amides is 1. The summed E-state index contributed by atoms with van der Waals surface area (Å²) in [7, 11) is 0. The molecule has 2 fully saturated rings. The van der Waals surface area contributed by atoms with Crippen molar-refractivity contribution in [1.29, 1.82) is 0 Å². The van der Waals surface area contributed by atoms with Gasteiger partial charge in [0.15, 0.2) is 0 Å². The Balaban J connectivity index is 1.55. The molecule has 0 aromatic heterocycles. The van der Waals surface area contributed by atoms with Gasteiger partial charge in [0.25, 0.3) is 5.69 Å². The molecule has 1 aromatic rings. The number of ether oxygens (including phenoxy) is 1. The van der Waals surface area contributed by atoms with E-state index in [0.717, 1.165) is 25.7 Å². The first-order valence-corrected chi connectivity index (χ1v) is 11.9. The highest BCUT2D eigenvalue weighted by Crippen LogP contribution is 2.31. The van der Waals surface area contributed by atoms with Crippen LogP contribution in [0.2, 0.25) is 0 Å². The van der Waals surface area contributed by atoms with Gasteiger partial charge in [-0.25, -0.2) is 0 Å². The third kappa shape index (κ3) is 6.42. The predicted octanol–water partition coefficient (Wildman–Crippen LogP) is 5.30. The number of hydrogen-bond acceptors (Lipinski definition) is 5. The Bertz CT molecular complexity index is 721. The zero-order chi connectivity index (χ0) is 22.2. The molecule has 0 heterocycles. The van der Waals surface area contributed by atoms with E-state index >= 15 is 0 Å². The third-order valence-corrected chi connectivity index (χ3v) is 6.67. The van der Waals surface area contributed by atoms with Crippen LogP contribution in [0.25, 0.3) is 0 Å². The number of carbonyl (C=O) groups excluding carboxylic acids is 1.